The lowest BCUT2D eigenvalue weighted by Crippen LogP contribution is -2.52. The van der Waals surface area contributed by atoms with Crippen LogP contribution >= 0.6 is 0 Å². The summed E-state index contributed by atoms with van der Waals surface area (Å²) in [5.74, 6) is 1.25. The highest BCUT2D eigenvalue weighted by molar-refractivity contribution is 5.80. The number of ether oxygens (including phenoxy) is 1. The van der Waals surface area contributed by atoms with Gasteiger partial charge in [0.05, 0.1) is 13.0 Å². The Kier molecular flexibility index (Phi) is 5.71. The molecule has 24 heavy (non-hydrogen) atoms. The van der Waals surface area contributed by atoms with Crippen LogP contribution in [0, 0.1) is 5.92 Å². The maximum Gasteiger partial charge on any atom is 0.228 e. The van der Waals surface area contributed by atoms with Crippen molar-refractivity contribution in [3.63, 3.8) is 0 Å². The molecule has 132 valence electrons. The number of nitrogens with zero attached hydrogens (tertiary/aromatic N) is 2. The van der Waals surface area contributed by atoms with E-state index in [-0.39, 0.29) is 17.9 Å². The Morgan fingerprint density at radius 1 is 1.21 bits per heavy atom. The number of rotatable bonds is 5. The summed E-state index contributed by atoms with van der Waals surface area (Å²) in [6, 6.07) is 8.49. The zero-order valence-corrected chi connectivity index (χ0v) is 14.6. The quantitative estimate of drug-likeness (QED) is 0.822. The molecule has 6 heteroatoms. The number of piperazine rings is 1. The zero-order valence-electron chi connectivity index (χ0n) is 14.6. The number of benzene rings is 1. The fraction of sp³-hybridized carbons (Fsp3) is 0.611. The lowest BCUT2D eigenvalue weighted by atomic mass is 10.0. The minimum atomic E-state index is 0.0656. The van der Waals surface area contributed by atoms with E-state index in [4.69, 9.17) is 4.74 Å². The Hall–Kier alpha value is -1.63. The minimum Gasteiger partial charge on any atom is -0.497 e. The van der Waals surface area contributed by atoms with E-state index in [0.717, 1.165) is 51.4 Å². The first-order valence-corrected chi connectivity index (χ1v) is 8.80. The molecule has 1 amide bonds. The van der Waals surface area contributed by atoms with Gasteiger partial charge in [0.1, 0.15) is 5.75 Å². The van der Waals surface area contributed by atoms with Crippen molar-refractivity contribution < 1.29 is 9.53 Å². The van der Waals surface area contributed by atoms with Crippen LogP contribution in [0.15, 0.2) is 24.3 Å². The molecule has 2 atom stereocenters. The number of methoxy groups -OCH3 is 1. The highest BCUT2D eigenvalue weighted by atomic mass is 16.5. The number of nitrogens with one attached hydrogen (secondary N) is 2. The van der Waals surface area contributed by atoms with Crippen LogP contribution in [-0.2, 0) is 11.2 Å². The third-order valence-corrected chi connectivity index (χ3v) is 5.13. The van der Waals surface area contributed by atoms with E-state index >= 15 is 0 Å². The van der Waals surface area contributed by atoms with Crippen LogP contribution in [0.25, 0.3) is 0 Å². The van der Waals surface area contributed by atoms with Gasteiger partial charge in [-0.25, -0.2) is 0 Å². The lowest BCUT2D eigenvalue weighted by Gasteiger charge is -2.36. The van der Waals surface area contributed by atoms with Crippen molar-refractivity contribution in [2.24, 2.45) is 5.92 Å². The fourth-order valence-electron chi connectivity index (χ4n) is 3.41. The smallest absolute Gasteiger partial charge is 0.228 e. The Balaban J connectivity index is 1.42. The molecule has 0 spiro atoms. The summed E-state index contributed by atoms with van der Waals surface area (Å²) in [6.45, 7) is 7.44. The van der Waals surface area contributed by atoms with Gasteiger partial charge < -0.3 is 9.64 Å². The average molecular weight is 332 g/mol. The van der Waals surface area contributed by atoms with Gasteiger partial charge in [-0.05, 0) is 31.0 Å². The summed E-state index contributed by atoms with van der Waals surface area (Å²) in [6.07, 6.45) is 1.03. The second-order valence-electron chi connectivity index (χ2n) is 6.69. The first-order valence-electron chi connectivity index (χ1n) is 8.80. The van der Waals surface area contributed by atoms with E-state index in [9.17, 15) is 4.79 Å². The van der Waals surface area contributed by atoms with Crippen molar-refractivity contribution in [1.29, 1.82) is 0 Å². The number of carbonyl (C=O) groups excluding carboxylic acids is 1. The molecule has 3 rings (SSSR count). The van der Waals surface area contributed by atoms with Crippen LogP contribution in [-0.4, -0.2) is 68.1 Å². The molecular formula is C18H28N4O2. The van der Waals surface area contributed by atoms with Crippen LogP contribution in [0.1, 0.15) is 12.5 Å². The molecule has 0 aliphatic carbocycles. The number of hydrogen-bond donors (Lipinski definition) is 2. The van der Waals surface area contributed by atoms with Crippen LogP contribution in [0.5, 0.6) is 5.75 Å². The van der Waals surface area contributed by atoms with E-state index < -0.39 is 0 Å². The number of amides is 1. The second-order valence-corrected chi connectivity index (χ2v) is 6.69. The summed E-state index contributed by atoms with van der Waals surface area (Å²) in [4.78, 5) is 17.0. The van der Waals surface area contributed by atoms with Crippen LogP contribution < -0.4 is 15.6 Å². The molecule has 2 N–H and O–H groups in total. The molecule has 2 aliphatic heterocycles. The standard InChI is InChI=1S/C18H28N4O2/c1-14-17(13-19-20-14)18(23)22-11-9-21(10-12-22)8-7-15-3-5-16(24-2)6-4-15/h3-6,14,17,19-20H,7-13H2,1-2H3. The molecule has 2 saturated heterocycles. The van der Waals surface area contributed by atoms with Gasteiger partial charge in [-0.1, -0.05) is 12.1 Å². The van der Waals surface area contributed by atoms with E-state index in [1.165, 1.54) is 5.56 Å². The molecule has 6 nitrogen and oxygen atoms in total. The number of hydrogen-bond acceptors (Lipinski definition) is 5. The largest absolute Gasteiger partial charge is 0.497 e. The Morgan fingerprint density at radius 2 is 1.92 bits per heavy atom. The number of hydrazine groups is 1. The third-order valence-electron chi connectivity index (χ3n) is 5.13. The fourth-order valence-corrected chi connectivity index (χ4v) is 3.41. The van der Waals surface area contributed by atoms with E-state index in [0.29, 0.717) is 0 Å². The molecule has 2 unspecified atom stereocenters. The van der Waals surface area contributed by atoms with Crippen molar-refractivity contribution in [3.05, 3.63) is 29.8 Å². The monoisotopic (exact) mass is 332 g/mol. The Labute approximate surface area is 144 Å². The molecule has 1 aromatic rings. The normalized spacial score (nSPS) is 25.0. The van der Waals surface area contributed by atoms with Crippen LogP contribution in [0.4, 0.5) is 0 Å². The SMILES string of the molecule is COc1ccc(CCN2CCN(C(=O)C3CNNC3C)CC2)cc1. The van der Waals surface area contributed by atoms with Gasteiger partial charge in [0.15, 0.2) is 0 Å². The van der Waals surface area contributed by atoms with E-state index in [2.05, 4.69) is 34.8 Å². The molecule has 0 radical (unpaired) electrons. The first kappa shape index (κ1) is 17.2. The summed E-state index contributed by atoms with van der Waals surface area (Å²) in [5.41, 5.74) is 7.53. The summed E-state index contributed by atoms with van der Waals surface area (Å²) >= 11 is 0. The summed E-state index contributed by atoms with van der Waals surface area (Å²) in [5, 5.41) is 0. The molecule has 0 aromatic heterocycles. The molecule has 0 bridgehead atoms. The highest BCUT2D eigenvalue weighted by Gasteiger charge is 2.33. The topological polar surface area (TPSA) is 56.8 Å². The predicted octanol–water partition coefficient (Wildman–Crippen LogP) is 0.494. The maximum absolute atomic E-state index is 12.6. The molecule has 2 aliphatic rings. The first-order chi connectivity index (χ1) is 11.7. The average Bonchev–Trinajstić information content (AvgIpc) is 3.06. The van der Waals surface area contributed by atoms with Gasteiger partial charge in [0.25, 0.3) is 0 Å². The molecule has 0 saturated carbocycles. The Morgan fingerprint density at radius 3 is 2.50 bits per heavy atom. The van der Waals surface area contributed by atoms with Gasteiger partial charge in [0.2, 0.25) is 5.91 Å². The maximum atomic E-state index is 12.6. The van der Waals surface area contributed by atoms with Crippen molar-refractivity contribution in [3.8, 4) is 5.75 Å². The molecular weight excluding hydrogens is 304 g/mol. The predicted molar refractivity (Wildman–Crippen MR) is 93.8 cm³/mol. The molecule has 2 fully saturated rings. The van der Waals surface area contributed by atoms with Gasteiger partial charge in [0, 0.05) is 45.3 Å². The van der Waals surface area contributed by atoms with E-state index in [1.807, 2.05) is 17.0 Å². The summed E-state index contributed by atoms with van der Waals surface area (Å²) in [7, 11) is 1.69. The lowest BCUT2D eigenvalue weighted by molar-refractivity contribution is -0.137. The van der Waals surface area contributed by atoms with Crippen LogP contribution in [0.2, 0.25) is 0 Å². The molecule has 1 aromatic carbocycles. The molecule has 2 heterocycles. The van der Waals surface area contributed by atoms with Gasteiger partial charge in [-0.3, -0.25) is 20.5 Å². The van der Waals surface area contributed by atoms with Gasteiger partial charge in [-0.2, -0.15) is 0 Å². The van der Waals surface area contributed by atoms with Gasteiger partial charge >= 0.3 is 0 Å². The Bertz CT molecular complexity index is 540. The van der Waals surface area contributed by atoms with E-state index in [1.54, 1.807) is 7.11 Å². The van der Waals surface area contributed by atoms with Gasteiger partial charge in [-0.15, -0.1) is 0 Å². The third kappa shape index (κ3) is 4.06. The second kappa shape index (κ2) is 7.96. The minimum absolute atomic E-state index is 0.0656. The highest BCUT2D eigenvalue weighted by Crippen LogP contribution is 2.15. The van der Waals surface area contributed by atoms with Crippen LogP contribution in [0.3, 0.4) is 0 Å². The zero-order chi connectivity index (χ0) is 16.9. The number of carbonyl (C=O) groups is 1. The van der Waals surface area contributed by atoms with Crippen molar-refractivity contribution in [1.82, 2.24) is 20.7 Å². The summed E-state index contributed by atoms with van der Waals surface area (Å²) < 4.78 is 5.19. The van der Waals surface area contributed by atoms with Crippen molar-refractivity contribution in [2.45, 2.75) is 19.4 Å². The van der Waals surface area contributed by atoms with Crippen molar-refractivity contribution >= 4 is 5.91 Å². The van der Waals surface area contributed by atoms with Crippen molar-refractivity contribution in [2.75, 3.05) is 46.4 Å².